The van der Waals surface area contributed by atoms with Gasteiger partial charge >= 0.3 is 0 Å². The van der Waals surface area contributed by atoms with Crippen LogP contribution in [0.3, 0.4) is 0 Å². The average Bonchev–Trinajstić information content (AvgIpc) is 2.54. The van der Waals surface area contributed by atoms with Crippen molar-refractivity contribution in [2.75, 3.05) is 13.2 Å². The maximum Gasteiger partial charge on any atom is 0.244 e. The van der Waals surface area contributed by atoms with Gasteiger partial charge in [0, 0.05) is 18.2 Å². The smallest absolute Gasteiger partial charge is 0.244 e. The molecule has 22 heavy (non-hydrogen) atoms. The number of nitrogens with one attached hydrogen (secondary N) is 1. The van der Waals surface area contributed by atoms with E-state index in [1.54, 1.807) is 6.08 Å². The Morgan fingerprint density at radius 3 is 2.64 bits per heavy atom. The first-order valence-corrected chi connectivity index (χ1v) is 8.45. The van der Waals surface area contributed by atoms with E-state index in [1.165, 1.54) is 19.3 Å². The van der Waals surface area contributed by atoms with Gasteiger partial charge in [-0.05, 0) is 25.0 Å². The maximum atomic E-state index is 11.8. The number of hydrogen-bond acceptors (Lipinski definition) is 2. The van der Waals surface area contributed by atoms with Gasteiger partial charge in [-0.3, -0.25) is 4.79 Å². The molecule has 3 heteroatoms. The van der Waals surface area contributed by atoms with E-state index in [9.17, 15) is 4.79 Å². The molecule has 1 aromatic rings. The van der Waals surface area contributed by atoms with Gasteiger partial charge in [0.1, 0.15) is 5.75 Å². The second-order valence-corrected chi connectivity index (χ2v) is 5.42. The first-order valence-electron chi connectivity index (χ1n) is 8.45. The van der Waals surface area contributed by atoms with E-state index >= 15 is 0 Å². The van der Waals surface area contributed by atoms with E-state index in [0.29, 0.717) is 6.61 Å². The number of para-hydroxylation sites is 1. The third kappa shape index (κ3) is 7.87. The minimum absolute atomic E-state index is 0.0418. The van der Waals surface area contributed by atoms with E-state index in [1.807, 2.05) is 30.3 Å². The molecule has 0 aromatic heterocycles. The molecular formula is C19H29NO2. The van der Waals surface area contributed by atoms with Crippen molar-refractivity contribution in [2.45, 2.75) is 52.4 Å². The van der Waals surface area contributed by atoms with Crippen molar-refractivity contribution in [3.63, 3.8) is 0 Å². The zero-order valence-corrected chi connectivity index (χ0v) is 13.9. The van der Waals surface area contributed by atoms with Crippen molar-refractivity contribution in [3.8, 4) is 5.75 Å². The molecular weight excluding hydrogens is 274 g/mol. The lowest BCUT2D eigenvalue weighted by atomic mass is 10.2. The zero-order chi connectivity index (χ0) is 16.0. The predicted octanol–water partition coefficient (Wildman–Crippen LogP) is 4.58. The van der Waals surface area contributed by atoms with Gasteiger partial charge < -0.3 is 10.1 Å². The Bertz CT molecular complexity index is 455. The second kappa shape index (κ2) is 11.8. The van der Waals surface area contributed by atoms with Crippen molar-refractivity contribution in [1.82, 2.24) is 5.32 Å². The number of amides is 1. The maximum absolute atomic E-state index is 11.8. The van der Waals surface area contributed by atoms with E-state index in [0.717, 1.165) is 37.1 Å². The summed E-state index contributed by atoms with van der Waals surface area (Å²) in [5, 5.41) is 2.92. The van der Waals surface area contributed by atoms with Crippen LogP contribution in [0.1, 0.15) is 57.9 Å². The zero-order valence-electron chi connectivity index (χ0n) is 13.9. The molecule has 0 aliphatic carbocycles. The highest BCUT2D eigenvalue weighted by atomic mass is 16.5. The van der Waals surface area contributed by atoms with Crippen LogP contribution < -0.4 is 10.1 Å². The van der Waals surface area contributed by atoms with E-state index < -0.39 is 0 Å². The molecule has 1 aromatic carbocycles. The summed E-state index contributed by atoms with van der Waals surface area (Å²) in [5.74, 6) is 0.794. The summed E-state index contributed by atoms with van der Waals surface area (Å²) in [7, 11) is 0. The summed E-state index contributed by atoms with van der Waals surface area (Å²) in [6.45, 7) is 5.78. The van der Waals surface area contributed by atoms with E-state index in [-0.39, 0.29) is 5.91 Å². The molecule has 0 atom stereocenters. The molecule has 0 spiro atoms. The molecule has 0 heterocycles. The Labute approximate surface area is 134 Å². The Kier molecular flexibility index (Phi) is 9.84. The Morgan fingerprint density at radius 1 is 1.09 bits per heavy atom. The van der Waals surface area contributed by atoms with Crippen molar-refractivity contribution >= 4 is 12.0 Å². The lowest BCUT2D eigenvalue weighted by Crippen LogP contribution is -2.21. The van der Waals surface area contributed by atoms with Crippen LogP contribution in [0.2, 0.25) is 0 Å². The van der Waals surface area contributed by atoms with Crippen LogP contribution in [0.4, 0.5) is 0 Å². The van der Waals surface area contributed by atoms with Gasteiger partial charge in [0.05, 0.1) is 6.61 Å². The number of benzene rings is 1. The number of rotatable bonds is 11. The van der Waals surface area contributed by atoms with Crippen LogP contribution >= 0.6 is 0 Å². The second-order valence-electron chi connectivity index (χ2n) is 5.42. The van der Waals surface area contributed by atoms with E-state index in [4.69, 9.17) is 4.74 Å². The molecule has 0 unspecified atom stereocenters. The van der Waals surface area contributed by atoms with Crippen LogP contribution in [0.25, 0.3) is 6.08 Å². The standard InChI is InChI=1S/C19H29NO2/c1-3-5-7-10-15-20-19(21)14-13-17-11-8-9-12-18(17)22-16-6-4-2/h8-9,11-14H,3-7,10,15-16H2,1-2H3,(H,20,21)/b14-13+. The molecule has 0 radical (unpaired) electrons. The van der Waals surface area contributed by atoms with Gasteiger partial charge in [0.15, 0.2) is 0 Å². The summed E-state index contributed by atoms with van der Waals surface area (Å²) < 4.78 is 5.75. The number of ether oxygens (including phenoxy) is 1. The largest absolute Gasteiger partial charge is 0.493 e. The molecule has 0 aliphatic rings. The van der Waals surface area contributed by atoms with Crippen LogP contribution in [-0.4, -0.2) is 19.1 Å². The first kappa shape index (κ1) is 18.3. The number of carbonyl (C=O) groups is 1. The SMILES string of the molecule is CCCCCCNC(=O)/C=C/c1ccccc1OCCCC. The third-order valence-corrected chi connectivity index (χ3v) is 3.42. The summed E-state index contributed by atoms with van der Waals surface area (Å²) >= 11 is 0. The predicted molar refractivity (Wildman–Crippen MR) is 93.0 cm³/mol. The summed E-state index contributed by atoms with van der Waals surface area (Å²) in [6.07, 6.45) is 10.2. The number of hydrogen-bond donors (Lipinski definition) is 1. The van der Waals surface area contributed by atoms with Crippen LogP contribution in [0.5, 0.6) is 5.75 Å². The molecule has 1 N–H and O–H groups in total. The first-order chi connectivity index (χ1) is 10.8. The summed E-state index contributed by atoms with van der Waals surface area (Å²) in [5.41, 5.74) is 0.944. The fourth-order valence-electron chi connectivity index (χ4n) is 2.06. The highest BCUT2D eigenvalue weighted by molar-refractivity contribution is 5.92. The third-order valence-electron chi connectivity index (χ3n) is 3.42. The van der Waals surface area contributed by atoms with Crippen molar-refractivity contribution < 1.29 is 9.53 Å². The molecule has 0 saturated heterocycles. The minimum Gasteiger partial charge on any atom is -0.493 e. The monoisotopic (exact) mass is 303 g/mol. The average molecular weight is 303 g/mol. The van der Waals surface area contributed by atoms with Gasteiger partial charge in [-0.15, -0.1) is 0 Å². The van der Waals surface area contributed by atoms with Gasteiger partial charge in [0.25, 0.3) is 0 Å². The normalized spacial score (nSPS) is 10.8. The van der Waals surface area contributed by atoms with Gasteiger partial charge in [-0.25, -0.2) is 0 Å². The lowest BCUT2D eigenvalue weighted by molar-refractivity contribution is -0.116. The molecule has 3 nitrogen and oxygen atoms in total. The van der Waals surface area contributed by atoms with Crippen LogP contribution in [0.15, 0.2) is 30.3 Å². The van der Waals surface area contributed by atoms with Crippen molar-refractivity contribution in [3.05, 3.63) is 35.9 Å². The van der Waals surface area contributed by atoms with Gasteiger partial charge in [-0.1, -0.05) is 57.7 Å². The Balaban J connectivity index is 2.42. The molecule has 0 saturated carbocycles. The summed E-state index contributed by atoms with van der Waals surface area (Å²) in [6, 6.07) is 7.81. The van der Waals surface area contributed by atoms with Crippen LogP contribution in [0, 0.1) is 0 Å². The van der Waals surface area contributed by atoms with Gasteiger partial charge in [0.2, 0.25) is 5.91 Å². The highest BCUT2D eigenvalue weighted by Crippen LogP contribution is 2.19. The van der Waals surface area contributed by atoms with E-state index in [2.05, 4.69) is 19.2 Å². The fourth-order valence-corrected chi connectivity index (χ4v) is 2.06. The molecule has 0 bridgehead atoms. The number of carbonyl (C=O) groups excluding carboxylic acids is 1. The Hall–Kier alpha value is -1.77. The molecule has 0 aliphatic heterocycles. The highest BCUT2D eigenvalue weighted by Gasteiger charge is 2.00. The summed E-state index contributed by atoms with van der Waals surface area (Å²) in [4.78, 5) is 11.8. The molecule has 1 amide bonds. The van der Waals surface area contributed by atoms with Gasteiger partial charge in [-0.2, -0.15) is 0 Å². The Morgan fingerprint density at radius 2 is 1.86 bits per heavy atom. The molecule has 0 fully saturated rings. The van der Waals surface area contributed by atoms with Crippen molar-refractivity contribution in [2.24, 2.45) is 0 Å². The number of unbranched alkanes of at least 4 members (excludes halogenated alkanes) is 4. The fraction of sp³-hybridized carbons (Fsp3) is 0.526. The van der Waals surface area contributed by atoms with Crippen molar-refractivity contribution in [1.29, 1.82) is 0 Å². The lowest BCUT2D eigenvalue weighted by Gasteiger charge is -2.08. The molecule has 122 valence electrons. The van der Waals surface area contributed by atoms with Crippen LogP contribution in [-0.2, 0) is 4.79 Å². The molecule has 1 rings (SSSR count). The topological polar surface area (TPSA) is 38.3 Å². The quantitative estimate of drug-likeness (QED) is 0.480. The minimum atomic E-state index is -0.0418.